The fourth-order valence-corrected chi connectivity index (χ4v) is 3.07. The second kappa shape index (κ2) is 6.70. The molecule has 0 fully saturated rings. The van der Waals surface area contributed by atoms with Crippen LogP contribution in [0.25, 0.3) is 0 Å². The van der Waals surface area contributed by atoms with Crippen molar-refractivity contribution in [2.24, 2.45) is 0 Å². The number of anilines is 1. The smallest absolute Gasteiger partial charge is 0.255 e. The van der Waals surface area contributed by atoms with E-state index in [1.54, 1.807) is 31.2 Å². The second-order valence-corrected chi connectivity index (χ2v) is 7.74. The Morgan fingerprint density at radius 2 is 1.78 bits per heavy atom. The number of nitrogens with one attached hydrogen (secondary N) is 1. The lowest BCUT2D eigenvalue weighted by atomic mass is 10.1. The van der Waals surface area contributed by atoms with Crippen molar-refractivity contribution in [3.8, 4) is 0 Å². The first-order valence-corrected chi connectivity index (χ1v) is 8.64. The van der Waals surface area contributed by atoms with Gasteiger partial charge >= 0.3 is 0 Å². The molecule has 2 aromatic carbocycles. The second-order valence-electron chi connectivity index (χ2n) is 5.18. The summed E-state index contributed by atoms with van der Waals surface area (Å²) in [6.45, 7) is 1.80. The fourth-order valence-electron chi connectivity index (χ4n) is 1.95. The van der Waals surface area contributed by atoms with Crippen molar-refractivity contribution in [2.45, 2.75) is 11.8 Å². The Balaban J connectivity index is 2.33. The first-order chi connectivity index (χ1) is 10.7. The Morgan fingerprint density at radius 3 is 2.43 bits per heavy atom. The molecule has 0 saturated heterocycles. The van der Waals surface area contributed by atoms with Crippen LogP contribution >= 0.6 is 11.6 Å². The molecule has 1 N–H and O–H groups in total. The maximum atomic E-state index is 12.4. The Hall–Kier alpha value is -1.89. The SMILES string of the molecule is Cc1c(Cl)cccc1NC(=O)c1cccc(S(=O)(=O)N(C)C)c1. The third-order valence-electron chi connectivity index (χ3n) is 3.39. The average Bonchev–Trinajstić information content (AvgIpc) is 2.51. The predicted octanol–water partition coefficient (Wildman–Crippen LogP) is 3.15. The summed E-state index contributed by atoms with van der Waals surface area (Å²) in [5, 5.41) is 3.29. The molecule has 0 radical (unpaired) electrons. The van der Waals surface area contributed by atoms with Crippen LogP contribution in [-0.2, 0) is 10.0 Å². The van der Waals surface area contributed by atoms with Crippen LogP contribution in [0.3, 0.4) is 0 Å². The molecule has 0 unspecified atom stereocenters. The molecule has 2 rings (SSSR count). The Bertz CT molecular complexity index is 848. The number of amides is 1. The number of hydrogen-bond donors (Lipinski definition) is 1. The van der Waals surface area contributed by atoms with Gasteiger partial charge in [-0.15, -0.1) is 0 Å². The normalized spacial score (nSPS) is 11.5. The average molecular weight is 353 g/mol. The van der Waals surface area contributed by atoms with Gasteiger partial charge < -0.3 is 5.32 Å². The van der Waals surface area contributed by atoms with E-state index in [1.165, 1.54) is 32.3 Å². The summed E-state index contributed by atoms with van der Waals surface area (Å²) in [5.74, 6) is -0.397. The molecule has 0 bridgehead atoms. The molecular weight excluding hydrogens is 336 g/mol. The lowest BCUT2D eigenvalue weighted by Crippen LogP contribution is -2.22. The van der Waals surface area contributed by atoms with Crippen LogP contribution in [0.2, 0.25) is 5.02 Å². The van der Waals surface area contributed by atoms with Crippen LogP contribution in [0.15, 0.2) is 47.4 Å². The summed E-state index contributed by atoms with van der Waals surface area (Å²) in [4.78, 5) is 12.4. The highest BCUT2D eigenvalue weighted by Crippen LogP contribution is 2.24. The fraction of sp³-hybridized carbons (Fsp3) is 0.188. The molecule has 23 heavy (non-hydrogen) atoms. The monoisotopic (exact) mass is 352 g/mol. The number of sulfonamides is 1. The topological polar surface area (TPSA) is 66.5 Å². The van der Waals surface area contributed by atoms with Crippen LogP contribution in [-0.4, -0.2) is 32.7 Å². The number of benzene rings is 2. The molecule has 1 amide bonds. The van der Waals surface area contributed by atoms with E-state index >= 15 is 0 Å². The third-order valence-corrected chi connectivity index (χ3v) is 5.61. The Kier molecular flexibility index (Phi) is 5.09. The van der Waals surface area contributed by atoms with Gasteiger partial charge in [-0.25, -0.2) is 12.7 Å². The number of nitrogens with zero attached hydrogens (tertiary/aromatic N) is 1. The minimum absolute atomic E-state index is 0.0676. The van der Waals surface area contributed by atoms with E-state index in [9.17, 15) is 13.2 Å². The number of carbonyl (C=O) groups is 1. The van der Waals surface area contributed by atoms with Crippen molar-refractivity contribution in [3.63, 3.8) is 0 Å². The van der Waals surface area contributed by atoms with E-state index in [2.05, 4.69) is 5.32 Å². The summed E-state index contributed by atoms with van der Waals surface area (Å²) in [5.41, 5.74) is 1.59. The molecule has 0 aromatic heterocycles. The molecule has 0 spiro atoms. The predicted molar refractivity (Wildman–Crippen MR) is 91.5 cm³/mol. The molecule has 0 heterocycles. The van der Waals surface area contributed by atoms with E-state index in [0.29, 0.717) is 10.7 Å². The van der Waals surface area contributed by atoms with Gasteiger partial charge in [-0.2, -0.15) is 0 Å². The van der Waals surface area contributed by atoms with Crippen molar-refractivity contribution in [3.05, 3.63) is 58.6 Å². The highest BCUT2D eigenvalue weighted by Gasteiger charge is 2.19. The molecule has 122 valence electrons. The van der Waals surface area contributed by atoms with Crippen molar-refractivity contribution >= 4 is 33.2 Å². The van der Waals surface area contributed by atoms with Gasteiger partial charge in [0.2, 0.25) is 10.0 Å². The molecule has 0 saturated carbocycles. The summed E-state index contributed by atoms with van der Waals surface area (Å²) < 4.78 is 25.4. The van der Waals surface area contributed by atoms with Gasteiger partial charge in [0.05, 0.1) is 4.90 Å². The zero-order valence-electron chi connectivity index (χ0n) is 13.0. The van der Waals surface area contributed by atoms with Gasteiger partial charge in [0.25, 0.3) is 5.91 Å². The van der Waals surface area contributed by atoms with E-state index in [0.717, 1.165) is 9.87 Å². The van der Waals surface area contributed by atoms with Gasteiger partial charge in [-0.1, -0.05) is 23.7 Å². The van der Waals surface area contributed by atoms with Crippen molar-refractivity contribution in [1.29, 1.82) is 0 Å². The van der Waals surface area contributed by atoms with Crippen LogP contribution in [0.4, 0.5) is 5.69 Å². The lowest BCUT2D eigenvalue weighted by Gasteiger charge is -2.13. The van der Waals surface area contributed by atoms with Crippen molar-refractivity contribution in [1.82, 2.24) is 4.31 Å². The number of carbonyl (C=O) groups excluding carboxylic acids is 1. The van der Waals surface area contributed by atoms with Gasteiger partial charge in [-0.3, -0.25) is 4.79 Å². The molecule has 0 aliphatic heterocycles. The molecule has 0 aliphatic carbocycles. The lowest BCUT2D eigenvalue weighted by molar-refractivity contribution is 0.102. The third kappa shape index (κ3) is 3.72. The number of rotatable bonds is 4. The van der Waals surface area contributed by atoms with Crippen LogP contribution < -0.4 is 5.32 Å². The summed E-state index contributed by atoms with van der Waals surface area (Å²) in [7, 11) is -0.705. The zero-order valence-corrected chi connectivity index (χ0v) is 14.6. The maximum Gasteiger partial charge on any atom is 0.255 e. The standard InChI is InChI=1S/C16H17ClN2O3S/c1-11-14(17)8-5-9-15(11)18-16(20)12-6-4-7-13(10-12)23(21,22)19(2)3/h4-10H,1-3H3,(H,18,20). The van der Waals surface area contributed by atoms with Crippen LogP contribution in [0.5, 0.6) is 0 Å². The first-order valence-electron chi connectivity index (χ1n) is 6.82. The first kappa shape index (κ1) is 17.5. The zero-order chi connectivity index (χ0) is 17.2. The molecule has 5 nitrogen and oxygen atoms in total. The molecule has 0 atom stereocenters. The highest BCUT2D eigenvalue weighted by atomic mass is 35.5. The van der Waals surface area contributed by atoms with E-state index in [4.69, 9.17) is 11.6 Å². The minimum Gasteiger partial charge on any atom is -0.322 e. The summed E-state index contributed by atoms with van der Waals surface area (Å²) >= 11 is 6.03. The van der Waals surface area contributed by atoms with Crippen molar-refractivity contribution < 1.29 is 13.2 Å². The summed E-state index contributed by atoms with van der Waals surface area (Å²) in [6, 6.07) is 11.1. The van der Waals surface area contributed by atoms with Gasteiger partial charge in [0, 0.05) is 30.4 Å². The number of hydrogen-bond acceptors (Lipinski definition) is 3. The molecule has 7 heteroatoms. The van der Waals surface area contributed by atoms with Crippen molar-refractivity contribution in [2.75, 3.05) is 19.4 Å². The maximum absolute atomic E-state index is 12.4. The summed E-state index contributed by atoms with van der Waals surface area (Å²) in [6.07, 6.45) is 0. The van der Waals surface area contributed by atoms with E-state index in [1.807, 2.05) is 0 Å². The van der Waals surface area contributed by atoms with E-state index in [-0.39, 0.29) is 10.5 Å². The largest absolute Gasteiger partial charge is 0.322 e. The van der Waals surface area contributed by atoms with Gasteiger partial charge in [-0.05, 0) is 42.8 Å². The highest BCUT2D eigenvalue weighted by molar-refractivity contribution is 7.89. The Labute approximate surface area is 140 Å². The van der Waals surface area contributed by atoms with Crippen LogP contribution in [0.1, 0.15) is 15.9 Å². The van der Waals surface area contributed by atoms with E-state index < -0.39 is 15.9 Å². The van der Waals surface area contributed by atoms with Gasteiger partial charge in [0.15, 0.2) is 0 Å². The molecule has 2 aromatic rings. The van der Waals surface area contributed by atoms with Gasteiger partial charge in [0.1, 0.15) is 0 Å². The molecular formula is C16H17ClN2O3S. The Morgan fingerprint density at radius 1 is 1.13 bits per heavy atom. The minimum atomic E-state index is -3.59. The van der Waals surface area contributed by atoms with Crippen LogP contribution in [0, 0.1) is 6.92 Å². The number of halogens is 1. The quantitative estimate of drug-likeness (QED) is 0.919. The molecule has 0 aliphatic rings.